The second-order valence-corrected chi connectivity index (χ2v) is 7.54. The van der Waals surface area contributed by atoms with Crippen LogP contribution in [0.5, 0.6) is 5.75 Å². The molecule has 0 heterocycles. The maximum Gasteiger partial charge on any atom is 0.432 e. The highest BCUT2D eigenvalue weighted by Crippen LogP contribution is 2.39. The normalized spacial score (nSPS) is 12.7. The van der Waals surface area contributed by atoms with Gasteiger partial charge >= 0.3 is 6.11 Å². The molecule has 0 aliphatic rings. The number of rotatable bonds is 7. The zero-order valence-corrected chi connectivity index (χ0v) is 17.5. The monoisotopic (exact) mass is 474 g/mol. The molecule has 1 unspecified atom stereocenters. The third-order valence-electron chi connectivity index (χ3n) is 5.17. The molecule has 1 atom stereocenters. The molecule has 33 heavy (non-hydrogen) atoms. The second-order valence-electron chi connectivity index (χ2n) is 7.54. The van der Waals surface area contributed by atoms with Crippen molar-refractivity contribution in [3.8, 4) is 16.9 Å². The predicted molar refractivity (Wildman–Crippen MR) is 106 cm³/mol. The summed E-state index contributed by atoms with van der Waals surface area (Å²) in [5, 5.41) is 0. The third kappa shape index (κ3) is 4.96. The fourth-order valence-electron chi connectivity index (χ4n) is 3.45. The Morgan fingerprint density at radius 1 is 0.788 bits per heavy atom. The average Bonchev–Trinajstić information content (AvgIpc) is 2.74. The van der Waals surface area contributed by atoms with Crippen LogP contribution in [0.1, 0.15) is 43.7 Å². The van der Waals surface area contributed by atoms with E-state index in [4.69, 9.17) is 0 Å². The van der Waals surface area contributed by atoms with Gasteiger partial charge in [-0.3, -0.25) is 0 Å². The number of alkyl halides is 2. The summed E-state index contributed by atoms with van der Waals surface area (Å²) < 4.78 is 116. The van der Waals surface area contributed by atoms with Crippen molar-refractivity contribution in [2.45, 2.75) is 38.7 Å². The van der Waals surface area contributed by atoms with Crippen LogP contribution in [-0.2, 0) is 6.11 Å². The summed E-state index contributed by atoms with van der Waals surface area (Å²) in [5.41, 5.74) is -1.73. The van der Waals surface area contributed by atoms with Crippen molar-refractivity contribution in [2.75, 3.05) is 0 Å². The molecule has 0 radical (unpaired) electrons. The molecule has 0 spiro atoms. The third-order valence-corrected chi connectivity index (χ3v) is 5.17. The summed E-state index contributed by atoms with van der Waals surface area (Å²) in [6, 6.07) is 6.62. The highest BCUT2D eigenvalue weighted by molar-refractivity contribution is 5.65. The molecule has 3 aromatic rings. The van der Waals surface area contributed by atoms with Crippen LogP contribution < -0.4 is 4.74 Å². The maximum absolute atomic E-state index is 14.7. The number of halogens is 8. The van der Waals surface area contributed by atoms with Gasteiger partial charge in [-0.15, -0.1) is 0 Å². The standard InChI is InChI=1S/C24H18F8O/c1-3-4-12(2)13-5-7-14(8-6-13)16-11-17(25)20(23(30)21(16)28)24(31,32)33-15-9-18(26)22(29)19(27)10-15/h5-12H,3-4H2,1-2H3. The van der Waals surface area contributed by atoms with Crippen LogP contribution in [-0.4, -0.2) is 0 Å². The van der Waals surface area contributed by atoms with Crippen LogP contribution >= 0.6 is 0 Å². The number of hydrogen-bond donors (Lipinski definition) is 0. The summed E-state index contributed by atoms with van der Waals surface area (Å²) in [7, 11) is 0. The first-order valence-corrected chi connectivity index (χ1v) is 9.95. The Hall–Kier alpha value is -3.10. The Bertz CT molecular complexity index is 1140. The lowest BCUT2D eigenvalue weighted by Gasteiger charge is -2.20. The molecule has 0 aliphatic carbocycles. The molecule has 0 N–H and O–H groups in total. The van der Waals surface area contributed by atoms with E-state index in [1.54, 1.807) is 12.1 Å². The van der Waals surface area contributed by atoms with Crippen molar-refractivity contribution in [3.05, 3.63) is 88.5 Å². The first-order chi connectivity index (χ1) is 15.5. The molecule has 0 saturated carbocycles. The van der Waals surface area contributed by atoms with Crippen LogP contribution in [0.15, 0.2) is 42.5 Å². The van der Waals surface area contributed by atoms with Crippen molar-refractivity contribution < 1.29 is 39.9 Å². The minimum atomic E-state index is -4.87. The smallest absolute Gasteiger partial charge is 0.429 e. The van der Waals surface area contributed by atoms with Crippen molar-refractivity contribution in [2.24, 2.45) is 0 Å². The largest absolute Gasteiger partial charge is 0.432 e. The molecule has 9 heteroatoms. The lowest BCUT2D eigenvalue weighted by Crippen LogP contribution is -2.26. The van der Waals surface area contributed by atoms with Crippen LogP contribution in [0.25, 0.3) is 11.1 Å². The van der Waals surface area contributed by atoms with Crippen molar-refractivity contribution in [3.63, 3.8) is 0 Å². The van der Waals surface area contributed by atoms with Gasteiger partial charge in [-0.25, -0.2) is 26.3 Å². The zero-order valence-electron chi connectivity index (χ0n) is 17.5. The molecule has 3 rings (SSSR count). The molecular weight excluding hydrogens is 456 g/mol. The van der Waals surface area contributed by atoms with Gasteiger partial charge in [-0.2, -0.15) is 8.78 Å². The van der Waals surface area contributed by atoms with E-state index in [1.165, 1.54) is 12.1 Å². The Labute approximate surface area is 184 Å². The van der Waals surface area contributed by atoms with Crippen molar-refractivity contribution in [1.29, 1.82) is 0 Å². The summed E-state index contributed by atoms with van der Waals surface area (Å²) in [4.78, 5) is 0. The van der Waals surface area contributed by atoms with Crippen molar-refractivity contribution in [1.82, 2.24) is 0 Å². The quantitative estimate of drug-likeness (QED) is 0.190. The van der Waals surface area contributed by atoms with E-state index < -0.39 is 57.9 Å². The van der Waals surface area contributed by atoms with E-state index >= 15 is 0 Å². The maximum atomic E-state index is 14.7. The van der Waals surface area contributed by atoms with Crippen LogP contribution in [0, 0.1) is 34.9 Å². The van der Waals surface area contributed by atoms with Gasteiger partial charge in [0.15, 0.2) is 29.1 Å². The van der Waals surface area contributed by atoms with E-state index in [-0.39, 0.29) is 23.6 Å². The average molecular weight is 474 g/mol. The molecule has 0 amide bonds. The fraction of sp³-hybridized carbons (Fsp3) is 0.250. The molecule has 0 fully saturated rings. The van der Waals surface area contributed by atoms with Gasteiger partial charge < -0.3 is 4.74 Å². The topological polar surface area (TPSA) is 9.23 Å². The van der Waals surface area contributed by atoms with Gasteiger partial charge in [0.2, 0.25) is 0 Å². The SMILES string of the molecule is CCCC(C)c1ccc(-c2cc(F)c(C(F)(F)Oc3cc(F)c(F)c(F)c3)c(F)c2F)cc1. The summed E-state index contributed by atoms with van der Waals surface area (Å²) in [6.07, 6.45) is -3.05. The first kappa shape index (κ1) is 24.5. The summed E-state index contributed by atoms with van der Waals surface area (Å²) in [5.74, 6) is -12.6. The number of ether oxygens (including phenoxy) is 1. The zero-order chi connectivity index (χ0) is 24.5. The highest BCUT2D eigenvalue weighted by Gasteiger charge is 2.43. The van der Waals surface area contributed by atoms with E-state index in [9.17, 15) is 35.1 Å². The predicted octanol–water partition coefficient (Wildman–Crippen LogP) is 8.22. The van der Waals surface area contributed by atoms with Gasteiger partial charge in [0.25, 0.3) is 0 Å². The minimum absolute atomic E-state index is 0.0520. The van der Waals surface area contributed by atoms with Gasteiger partial charge in [0.1, 0.15) is 17.1 Å². The van der Waals surface area contributed by atoms with E-state index in [2.05, 4.69) is 4.74 Å². The van der Waals surface area contributed by atoms with Gasteiger partial charge in [-0.1, -0.05) is 44.5 Å². The lowest BCUT2D eigenvalue weighted by molar-refractivity contribution is -0.190. The molecule has 176 valence electrons. The Balaban J connectivity index is 1.98. The van der Waals surface area contributed by atoms with E-state index in [1.807, 2.05) is 13.8 Å². The lowest BCUT2D eigenvalue weighted by atomic mass is 9.94. The number of hydrogen-bond acceptors (Lipinski definition) is 1. The highest BCUT2D eigenvalue weighted by atomic mass is 19.3. The van der Waals surface area contributed by atoms with Gasteiger partial charge in [-0.05, 0) is 29.5 Å². The van der Waals surface area contributed by atoms with E-state index in [0.29, 0.717) is 6.07 Å². The van der Waals surface area contributed by atoms with Gasteiger partial charge in [0.05, 0.1) is 0 Å². The molecule has 0 bridgehead atoms. The Morgan fingerprint density at radius 2 is 1.36 bits per heavy atom. The molecule has 1 nitrogen and oxygen atoms in total. The molecular formula is C24H18F8O. The second kappa shape index (κ2) is 9.41. The van der Waals surface area contributed by atoms with Crippen LogP contribution in [0.4, 0.5) is 35.1 Å². The number of benzene rings is 3. The van der Waals surface area contributed by atoms with Crippen LogP contribution in [0.3, 0.4) is 0 Å². The summed E-state index contributed by atoms with van der Waals surface area (Å²) in [6.45, 7) is 3.99. The Kier molecular flexibility index (Phi) is 7.00. The molecule has 0 aromatic heterocycles. The van der Waals surface area contributed by atoms with E-state index in [0.717, 1.165) is 18.4 Å². The molecule has 3 aromatic carbocycles. The van der Waals surface area contributed by atoms with Crippen LogP contribution in [0.2, 0.25) is 0 Å². The Morgan fingerprint density at radius 3 is 1.91 bits per heavy atom. The molecule has 0 saturated heterocycles. The first-order valence-electron chi connectivity index (χ1n) is 9.95. The minimum Gasteiger partial charge on any atom is -0.429 e. The summed E-state index contributed by atoms with van der Waals surface area (Å²) >= 11 is 0. The van der Waals surface area contributed by atoms with Gasteiger partial charge in [0, 0.05) is 17.7 Å². The molecule has 0 aliphatic heterocycles. The van der Waals surface area contributed by atoms with Crippen molar-refractivity contribution >= 4 is 0 Å². The fourth-order valence-corrected chi connectivity index (χ4v) is 3.45.